The summed E-state index contributed by atoms with van der Waals surface area (Å²) in [5.74, 6) is -1.40. The van der Waals surface area contributed by atoms with Crippen LogP contribution in [-0.2, 0) is 4.79 Å². The van der Waals surface area contributed by atoms with Gasteiger partial charge in [-0.15, -0.1) is 0 Å². The van der Waals surface area contributed by atoms with Gasteiger partial charge >= 0.3 is 5.97 Å². The first kappa shape index (κ1) is 15.3. The average Bonchev–Trinajstić information content (AvgIpc) is 2.44. The summed E-state index contributed by atoms with van der Waals surface area (Å²) in [5.41, 5.74) is 0.870. The number of amides is 1. The third-order valence-electron chi connectivity index (χ3n) is 3.03. The first-order valence-corrected chi connectivity index (χ1v) is 6.90. The molecular weight excluding hydrogens is 292 g/mol. The van der Waals surface area contributed by atoms with Crippen LogP contribution in [0.2, 0.25) is 5.02 Å². The number of aromatic nitrogens is 1. The number of carbonyl (C=O) groups excluding carboxylic acids is 1. The van der Waals surface area contributed by atoms with E-state index in [1.54, 1.807) is 13.0 Å². The fourth-order valence-corrected chi connectivity index (χ4v) is 2.24. The molecule has 0 aliphatic rings. The van der Waals surface area contributed by atoms with Crippen molar-refractivity contribution in [3.63, 3.8) is 0 Å². The second kappa shape index (κ2) is 6.54. The minimum absolute atomic E-state index is 0.00614. The second-order valence-corrected chi connectivity index (χ2v) is 5.33. The van der Waals surface area contributed by atoms with Crippen LogP contribution in [-0.4, -0.2) is 28.5 Å². The van der Waals surface area contributed by atoms with Gasteiger partial charge in [0.05, 0.1) is 10.5 Å². The lowest BCUT2D eigenvalue weighted by Crippen LogP contribution is -2.29. The Kier molecular flexibility index (Phi) is 4.75. The predicted molar refractivity (Wildman–Crippen MR) is 80.5 cm³/mol. The molecule has 21 heavy (non-hydrogen) atoms. The number of fused-ring (bicyclic) bond motifs is 1. The summed E-state index contributed by atoms with van der Waals surface area (Å²) in [6.45, 7) is 2.03. The van der Waals surface area contributed by atoms with Gasteiger partial charge in [0.2, 0.25) is 0 Å². The molecule has 5 nitrogen and oxygen atoms in total. The highest BCUT2D eigenvalue weighted by molar-refractivity contribution is 6.35. The number of nitrogens with zero attached hydrogens (tertiary/aromatic N) is 1. The van der Waals surface area contributed by atoms with Crippen molar-refractivity contribution in [2.75, 3.05) is 6.54 Å². The number of carboxylic acids is 1. The summed E-state index contributed by atoms with van der Waals surface area (Å²) in [4.78, 5) is 26.9. The number of nitrogens with one attached hydrogen (secondary N) is 1. The van der Waals surface area contributed by atoms with E-state index in [0.717, 1.165) is 5.39 Å². The van der Waals surface area contributed by atoms with Crippen LogP contribution in [0.25, 0.3) is 10.9 Å². The Balaban J connectivity index is 2.11. The van der Waals surface area contributed by atoms with E-state index in [4.69, 9.17) is 16.7 Å². The molecule has 2 aromatic rings. The van der Waals surface area contributed by atoms with Gasteiger partial charge < -0.3 is 10.4 Å². The van der Waals surface area contributed by atoms with Gasteiger partial charge in [-0.1, -0.05) is 36.7 Å². The van der Waals surface area contributed by atoms with Crippen molar-refractivity contribution in [2.24, 2.45) is 5.92 Å². The molecule has 2 rings (SSSR count). The van der Waals surface area contributed by atoms with E-state index in [2.05, 4.69) is 10.3 Å². The number of para-hydroxylation sites is 1. The van der Waals surface area contributed by atoms with E-state index >= 15 is 0 Å². The number of hydrogen-bond acceptors (Lipinski definition) is 3. The minimum atomic E-state index is -0.886. The number of rotatable bonds is 5. The zero-order valence-corrected chi connectivity index (χ0v) is 12.2. The molecule has 0 spiro atoms. The molecule has 1 heterocycles. The van der Waals surface area contributed by atoms with Crippen LogP contribution in [0.3, 0.4) is 0 Å². The Morgan fingerprint density at radius 3 is 2.81 bits per heavy atom. The number of pyridine rings is 1. The largest absolute Gasteiger partial charge is 0.481 e. The van der Waals surface area contributed by atoms with Crippen molar-refractivity contribution < 1.29 is 14.7 Å². The molecule has 1 atom stereocenters. The molecule has 0 fully saturated rings. The van der Waals surface area contributed by atoms with E-state index in [9.17, 15) is 9.59 Å². The van der Waals surface area contributed by atoms with Crippen LogP contribution in [0.1, 0.15) is 23.8 Å². The molecular formula is C15H15ClN2O3. The second-order valence-electron chi connectivity index (χ2n) is 4.92. The molecule has 1 amide bonds. The lowest BCUT2D eigenvalue weighted by atomic mass is 10.1. The fourth-order valence-electron chi connectivity index (χ4n) is 1.98. The monoisotopic (exact) mass is 306 g/mol. The van der Waals surface area contributed by atoms with Crippen LogP contribution in [0.4, 0.5) is 0 Å². The number of benzene rings is 1. The highest BCUT2D eigenvalue weighted by Gasteiger charge is 2.13. The minimum Gasteiger partial charge on any atom is -0.481 e. The molecule has 0 saturated carbocycles. The van der Waals surface area contributed by atoms with Gasteiger partial charge in [-0.2, -0.15) is 0 Å². The predicted octanol–water partition coefficient (Wildman–Crippen LogP) is 2.73. The molecule has 1 aromatic heterocycles. The fraction of sp³-hybridized carbons (Fsp3) is 0.267. The molecule has 0 aliphatic heterocycles. The van der Waals surface area contributed by atoms with Gasteiger partial charge in [0.1, 0.15) is 5.69 Å². The average molecular weight is 307 g/mol. The van der Waals surface area contributed by atoms with Crippen LogP contribution in [0.15, 0.2) is 30.3 Å². The van der Waals surface area contributed by atoms with Crippen LogP contribution < -0.4 is 5.32 Å². The van der Waals surface area contributed by atoms with Gasteiger partial charge in [0.25, 0.3) is 5.91 Å². The van der Waals surface area contributed by atoms with Crippen molar-refractivity contribution in [1.29, 1.82) is 0 Å². The SMILES string of the molecule is CC(CNC(=O)c1cc(Cl)c2ccccc2n1)CC(=O)O. The zero-order chi connectivity index (χ0) is 15.4. The molecule has 0 radical (unpaired) electrons. The standard InChI is InChI=1S/C15H15ClN2O3/c1-9(6-14(19)20)8-17-15(21)13-7-11(16)10-4-2-3-5-12(10)18-13/h2-5,7,9H,6,8H2,1H3,(H,17,21)(H,19,20). The Hall–Kier alpha value is -2.14. The molecule has 1 aromatic carbocycles. The molecule has 0 aliphatic carbocycles. The van der Waals surface area contributed by atoms with Crippen molar-refractivity contribution in [3.05, 3.63) is 41.0 Å². The number of carboxylic acid groups (broad SMARTS) is 1. The van der Waals surface area contributed by atoms with Crippen LogP contribution in [0, 0.1) is 5.92 Å². The van der Waals surface area contributed by atoms with Crippen molar-refractivity contribution in [3.8, 4) is 0 Å². The molecule has 6 heteroatoms. The molecule has 2 N–H and O–H groups in total. The van der Waals surface area contributed by atoms with E-state index < -0.39 is 5.97 Å². The lowest BCUT2D eigenvalue weighted by Gasteiger charge is -2.10. The van der Waals surface area contributed by atoms with Gasteiger partial charge in [-0.05, 0) is 18.1 Å². The van der Waals surface area contributed by atoms with Gasteiger partial charge in [-0.3, -0.25) is 9.59 Å². The Bertz CT molecular complexity index is 688. The van der Waals surface area contributed by atoms with E-state index in [-0.39, 0.29) is 30.5 Å². The summed E-state index contributed by atoms with van der Waals surface area (Å²) < 4.78 is 0. The zero-order valence-electron chi connectivity index (χ0n) is 11.5. The summed E-state index contributed by atoms with van der Waals surface area (Å²) in [6.07, 6.45) is 0.00614. The van der Waals surface area contributed by atoms with E-state index in [0.29, 0.717) is 10.5 Å². The highest BCUT2D eigenvalue weighted by Crippen LogP contribution is 2.22. The smallest absolute Gasteiger partial charge is 0.303 e. The normalized spacial score (nSPS) is 12.1. The third-order valence-corrected chi connectivity index (χ3v) is 3.35. The van der Waals surface area contributed by atoms with Gasteiger partial charge in [0.15, 0.2) is 0 Å². The first-order chi connectivity index (χ1) is 9.97. The van der Waals surface area contributed by atoms with Gasteiger partial charge in [0, 0.05) is 18.4 Å². The number of hydrogen-bond donors (Lipinski definition) is 2. The Morgan fingerprint density at radius 1 is 1.38 bits per heavy atom. The molecule has 0 bridgehead atoms. The molecule has 1 unspecified atom stereocenters. The highest BCUT2D eigenvalue weighted by atomic mass is 35.5. The molecule has 110 valence electrons. The summed E-state index contributed by atoms with van der Waals surface area (Å²) in [6, 6.07) is 8.80. The maximum Gasteiger partial charge on any atom is 0.303 e. The maximum absolute atomic E-state index is 12.1. The summed E-state index contributed by atoms with van der Waals surface area (Å²) >= 11 is 6.14. The number of halogens is 1. The number of carbonyl (C=O) groups is 2. The van der Waals surface area contributed by atoms with E-state index in [1.807, 2.05) is 18.2 Å². The van der Waals surface area contributed by atoms with Crippen LogP contribution in [0.5, 0.6) is 0 Å². The van der Waals surface area contributed by atoms with Crippen LogP contribution >= 0.6 is 11.6 Å². The topological polar surface area (TPSA) is 79.3 Å². The number of aliphatic carboxylic acids is 1. The van der Waals surface area contributed by atoms with Crippen molar-refractivity contribution >= 4 is 34.4 Å². The summed E-state index contributed by atoms with van der Waals surface area (Å²) in [7, 11) is 0. The van der Waals surface area contributed by atoms with Gasteiger partial charge in [-0.25, -0.2) is 4.98 Å². The Morgan fingerprint density at radius 2 is 2.10 bits per heavy atom. The summed E-state index contributed by atoms with van der Waals surface area (Å²) in [5, 5.41) is 12.6. The maximum atomic E-state index is 12.1. The third kappa shape index (κ3) is 3.92. The van der Waals surface area contributed by atoms with Crippen molar-refractivity contribution in [1.82, 2.24) is 10.3 Å². The molecule has 0 saturated heterocycles. The lowest BCUT2D eigenvalue weighted by molar-refractivity contribution is -0.137. The Labute approximate surface area is 126 Å². The first-order valence-electron chi connectivity index (χ1n) is 6.52. The van der Waals surface area contributed by atoms with E-state index in [1.165, 1.54) is 6.07 Å². The van der Waals surface area contributed by atoms with Crippen molar-refractivity contribution in [2.45, 2.75) is 13.3 Å². The quantitative estimate of drug-likeness (QED) is 0.890.